The highest BCUT2D eigenvalue weighted by Gasteiger charge is 2.02. The van der Waals surface area contributed by atoms with Crippen LogP contribution < -0.4 is 15.4 Å². The molecule has 0 saturated carbocycles. The monoisotopic (exact) mass is 516 g/mol. The second kappa shape index (κ2) is 15.1. The molecule has 162 valence electrons. The number of likely N-dealkylation sites (N-methyl/N-ethyl adjacent to an activating group) is 1. The first kappa shape index (κ1) is 25.3. The lowest BCUT2D eigenvalue weighted by Crippen LogP contribution is -2.36. The molecule has 0 fully saturated rings. The summed E-state index contributed by atoms with van der Waals surface area (Å²) >= 11 is 0. The van der Waals surface area contributed by atoms with E-state index in [-0.39, 0.29) is 24.0 Å². The average molecular weight is 516 g/mol. The molecule has 1 aromatic carbocycles. The molecule has 0 spiro atoms. The smallest absolute Gasteiger partial charge is 0.191 e. The van der Waals surface area contributed by atoms with Gasteiger partial charge in [-0.05, 0) is 43.8 Å². The maximum atomic E-state index is 5.87. The molecule has 2 aromatic rings. The van der Waals surface area contributed by atoms with Gasteiger partial charge in [0, 0.05) is 26.7 Å². The number of ether oxygens (including phenoxy) is 2. The summed E-state index contributed by atoms with van der Waals surface area (Å²) in [5, 5.41) is 6.51. The van der Waals surface area contributed by atoms with Gasteiger partial charge in [-0.15, -0.1) is 24.0 Å². The third-order valence-corrected chi connectivity index (χ3v) is 4.09. The van der Waals surface area contributed by atoms with Crippen molar-refractivity contribution in [3.05, 3.63) is 54.0 Å². The zero-order valence-corrected chi connectivity index (χ0v) is 19.8. The fraction of sp³-hybridized carbons (Fsp3) is 0.476. The number of furan rings is 1. The fourth-order valence-corrected chi connectivity index (χ4v) is 2.51. The van der Waals surface area contributed by atoms with E-state index in [0.29, 0.717) is 19.7 Å². The number of hydrogen-bond donors (Lipinski definition) is 2. The lowest BCUT2D eigenvalue weighted by atomic mass is 10.2. The third-order valence-electron chi connectivity index (χ3n) is 4.09. The molecule has 8 heteroatoms. The predicted molar refractivity (Wildman–Crippen MR) is 127 cm³/mol. The van der Waals surface area contributed by atoms with Gasteiger partial charge in [0.25, 0.3) is 0 Å². The van der Waals surface area contributed by atoms with E-state index in [9.17, 15) is 0 Å². The van der Waals surface area contributed by atoms with E-state index >= 15 is 0 Å². The van der Waals surface area contributed by atoms with E-state index in [1.807, 2.05) is 37.3 Å². The van der Waals surface area contributed by atoms with Crippen LogP contribution in [0.5, 0.6) is 5.75 Å². The van der Waals surface area contributed by atoms with Crippen LogP contribution >= 0.6 is 24.0 Å². The van der Waals surface area contributed by atoms with Gasteiger partial charge in [0.2, 0.25) is 0 Å². The Hall–Kier alpha value is -1.78. The Morgan fingerprint density at radius 2 is 1.97 bits per heavy atom. The molecule has 0 aliphatic heterocycles. The first-order chi connectivity index (χ1) is 13.7. The number of aliphatic imine (C=N–C) groups is 1. The third kappa shape index (κ3) is 10.5. The number of benzene rings is 1. The Labute approximate surface area is 190 Å². The van der Waals surface area contributed by atoms with Crippen molar-refractivity contribution in [3.8, 4) is 5.75 Å². The summed E-state index contributed by atoms with van der Waals surface area (Å²) in [6.45, 7) is 7.12. The second-order valence-electron chi connectivity index (χ2n) is 6.42. The van der Waals surface area contributed by atoms with Crippen molar-refractivity contribution in [1.82, 2.24) is 15.5 Å². The zero-order valence-electron chi connectivity index (χ0n) is 17.5. The molecule has 7 nitrogen and oxygen atoms in total. The van der Waals surface area contributed by atoms with E-state index in [0.717, 1.165) is 49.3 Å². The summed E-state index contributed by atoms with van der Waals surface area (Å²) in [7, 11) is 3.78. The fourth-order valence-electron chi connectivity index (χ4n) is 2.51. The molecule has 0 aliphatic carbocycles. The van der Waals surface area contributed by atoms with Crippen molar-refractivity contribution in [2.75, 3.05) is 47.0 Å². The minimum atomic E-state index is 0. The number of methoxy groups -OCH3 is 1. The van der Waals surface area contributed by atoms with Crippen LogP contribution in [-0.2, 0) is 17.8 Å². The molecular formula is C21H33IN4O3. The topological polar surface area (TPSA) is 71.3 Å². The number of rotatable bonds is 12. The van der Waals surface area contributed by atoms with Crippen molar-refractivity contribution in [1.29, 1.82) is 0 Å². The van der Waals surface area contributed by atoms with Gasteiger partial charge in [-0.25, -0.2) is 4.99 Å². The van der Waals surface area contributed by atoms with Crippen molar-refractivity contribution in [2.45, 2.75) is 20.0 Å². The van der Waals surface area contributed by atoms with Crippen LogP contribution in [0.3, 0.4) is 0 Å². The van der Waals surface area contributed by atoms with Crippen LogP contribution in [0, 0.1) is 0 Å². The predicted octanol–water partition coefficient (Wildman–Crippen LogP) is 3.11. The lowest BCUT2D eigenvalue weighted by Gasteiger charge is -2.16. The first-order valence-electron chi connectivity index (χ1n) is 9.65. The van der Waals surface area contributed by atoms with E-state index in [4.69, 9.17) is 13.9 Å². The van der Waals surface area contributed by atoms with Gasteiger partial charge < -0.3 is 29.4 Å². The highest BCUT2D eigenvalue weighted by Crippen LogP contribution is 2.14. The number of nitrogens with one attached hydrogen (secondary N) is 2. The quantitative estimate of drug-likeness (QED) is 0.257. The van der Waals surface area contributed by atoms with Gasteiger partial charge in [-0.3, -0.25) is 0 Å². The summed E-state index contributed by atoms with van der Waals surface area (Å²) in [6, 6.07) is 11.9. The summed E-state index contributed by atoms with van der Waals surface area (Å²) in [5.74, 6) is 2.49. The highest BCUT2D eigenvalue weighted by molar-refractivity contribution is 14.0. The summed E-state index contributed by atoms with van der Waals surface area (Å²) in [5.41, 5.74) is 1.10. The van der Waals surface area contributed by atoms with Crippen LogP contribution in [0.1, 0.15) is 18.2 Å². The highest BCUT2D eigenvalue weighted by atomic mass is 127. The number of nitrogens with zero attached hydrogens (tertiary/aromatic N) is 2. The molecule has 2 N–H and O–H groups in total. The van der Waals surface area contributed by atoms with E-state index in [2.05, 4.69) is 33.6 Å². The molecule has 1 heterocycles. The SMILES string of the molecule is CCNC(=NCc1cccc(OCCN(C)CCOC)c1)NCc1ccco1.I. The molecule has 29 heavy (non-hydrogen) atoms. The molecule has 0 amide bonds. The molecule has 0 saturated heterocycles. The van der Waals surface area contributed by atoms with Crippen LogP contribution in [0.2, 0.25) is 0 Å². The normalized spacial score (nSPS) is 11.2. The molecule has 0 radical (unpaired) electrons. The van der Waals surface area contributed by atoms with Crippen molar-refractivity contribution >= 4 is 29.9 Å². The van der Waals surface area contributed by atoms with E-state index in [1.165, 1.54) is 0 Å². The van der Waals surface area contributed by atoms with Crippen molar-refractivity contribution in [3.63, 3.8) is 0 Å². The first-order valence-corrected chi connectivity index (χ1v) is 9.65. The Morgan fingerprint density at radius 1 is 1.14 bits per heavy atom. The standard InChI is InChI=1S/C21H32N4O3.HI/c1-4-22-21(24-17-20-9-6-12-27-20)23-16-18-7-5-8-19(15-18)28-14-11-25(2)10-13-26-3;/h5-9,12,15H,4,10-11,13-14,16-17H2,1-3H3,(H2,22,23,24);1H. The van der Waals surface area contributed by atoms with Gasteiger partial charge in [0.05, 0.1) is 26.0 Å². The van der Waals surface area contributed by atoms with Crippen LogP contribution in [-0.4, -0.2) is 57.9 Å². The Balaban J connectivity index is 0.00000420. The van der Waals surface area contributed by atoms with Crippen LogP contribution in [0.4, 0.5) is 0 Å². The number of hydrogen-bond acceptors (Lipinski definition) is 5. The van der Waals surface area contributed by atoms with Gasteiger partial charge >= 0.3 is 0 Å². The Bertz CT molecular complexity index is 695. The van der Waals surface area contributed by atoms with E-state index in [1.54, 1.807) is 13.4 Å². The minimum Gasteiger partial charge on any atom is -0.492 e. The number of guanidine groups is 1. The number of halogens is 1. The Morgan fingerprint density at radius 3 is 2.69 bits per heavy atom. The second-order valence-corrected chi connectivity index (χ2v) is 6.42. The Kier molecular flexibility index (Phi) is 13.2. The molecule has 2 rings (SSSR count). The maximum Gasteiger partial charge on any atom is 0.191 e. The van der Waals surface area contributed by atoms with Crippen molar-refractivity contribution in [2.24, 2.45) is 4.99 Å². The van der Waals surface area contributed by atoms with Gasteiger partial charge in [-0.1, -0.05) is 12.1 Å². The minimum absolute atomic E-state index is 0. The lowest BCUT2D eigenvalue weighted by molar-refractivity contribution is 0.150. The molecule has 0 unspecified atom stereocenters. The zero-order chi connectivity index (χ0) is 20.0. The van der Waals surface area contributed by atoms with Crippen LogP contribution in [0.25, 0.3) is 0 Å². The molecular weight excluding hydrogens is 483 g/mol. The summed E-state index contributed by atoms with van der Waals surface area (Å²) < 4.78 is 16.3. The summed E-state index contributed by atoms with van der Waals surface area (Å²) in [4.78, 5) is 6.83. The molecule has 0 bridgehead atoms. The average Bonchev–Trinajstić information content (AvgIpc) is 3.22. The maximum absolute atomic E-state index is 5.87. The van der Waals surface area contributed by atoms with E-state index < -0.39 is 0 Å². The molecule has 1 aromatic heterocycles. The largest absolute Gasteiger partial charge is 0.492 e. The van der Waals surface area contributed by atoms with Crippen molar-refractivity contribution < 1.29 is 13.9 Å². The molecule has 0 atom stereocenters. The van der Waals surface area contributed by atoms with Gasteiger partial charge in [-0.2, -0.15) is 0 Å². The summed E-state index contributed by atoms with van der Waals surface area (Å²) in [6.07, 6.45) is 1.67. The van der Waals surface area contributed by atoms with Crippen LogP contribution in [0.15, 0.2) is 52.1 Å². The van der Waals surface area contributed by atoms with Gasteiger partial charge in [0.15, 0.2) is 5.96 Å². The molecule has 0 aliphatic rings. The van der Waals surface area contributed by atoms with Gasteiger partial charge in [0.1, 0.15) is 18.1 Å².